The van der Waals surface area contributed by atoms with Gasteiger partial charge in [0.1, 0.15) is 0 Å². The SMILES string of the molecule is C=C(C)CN(CC)C(=O)N1CC(n2cc(C(=O)O)nn2)C1. The smallest absolute Gasteiger partial charge is 0.358 e. The van der Waals surface area contributed by atoms with Crippen LogP contribution in [0.15, 0.2) is 18.3 Å². The number of carbonyl (C=O) groups is 2. The number of carboxylic acid groups (broad SMARTS) is 1. The molecule has 0 unspecified atom stereocenters. The van der Waals surface area contributed by atoms with Crippen LogP contribution in [0.5, 0.6) is 0 Å². The van der Waals surface area contributed by atoms with Gasteiger partial charge < -0.3 is 14.9 Å². The van der Waals surface area contributed by atoms with Crippen LogP contribution in [0.2, 0.25) is 0 Å². The Morgan fingerprint density at radius 1 is 1.52 bits per heavy atom. The molecule has 8 nitrogen and oxygen atoms in total. The van der Waals surface area contributed by atoms with E-state index in [1.807, 2.05) is 13.8 Å². The molecule has 1 aromatic heterocycles. The van der Waals surface area contributed by atoms with Crippen molar-refractivity contribution in [1.82, 2.24) is 24.8 Å². The fraction of sp³-hybridized carbons (Fsp3) is 0.538. The second-order valence-electron chi connectivity index (χ2n) is 5.20. The van der Waals surface area contributed by atoms with E-state index in [1.165, 1.54) is 10.9 Å². The van der Waals surface area contributed by atoms with Crippen molar-refractivity contribution in [2.75, 3.05) is 26.2 Å². The predicted octanol–water partition coefficient (Wildman–Crippen LogP) is 0.851. The average molecular weight is 293 g/mol. The van der Waals surface area contributed by atoms with Crippen molar-refractivity contribution in [3.63, 3.8) is 0 Å². The molecule has 0 aromatic carbocycles. The second kappa shape index (κ2) is 5.94. The van der Waals surface area contributed by atoms with Gasteiger partial charge in [-0.25, -0.2) is 14.3 Å². The third-order valence-electron chi connectivity index (χ3n) is 3.35. The van der Waals surface area contributed by atoms with Crippen molar-refractivity contribution in [3.05, 3.63) is 24.0 Å². The summed E-state index contributed by atoms with van der Waals surface area (Å²) in [7, 11) is 0. The van der Waals surface area contributed by atoms with Gasteiger partial charge in [-0.2, -0.15) is 0 Å². The number of likely N-dealkylation sites (N-methyl/N-ethyl adjacent to an activating group) is 1. The van der Waals surface area contributed by atoms with Gasteiger partial charge in [0.25, 0.3) is 0 Å². The van der Waals surface area contributed by atoms with E-state index in [4.69, 9.17) is 5.11 Å². The van der Waals surface area contributed by atoms with Crippen molar-refractivity contribution < 1.29 is 14.7 Å². The van der Waals surface area contributed by atoms with Crippen molar-refractivity contribution in [2.45, 2.75) is 19.9 Å². The van der Waals surface area contributed by atoms with Gasteiger partial charge in [-0.05, 0) is 13.8 Å². The number of carbonyl (C=O) groups excluding carboxylic acids is 1. The average Bonchev–Trinajstić information content (AvgIpc) is 2.83. The van der Waals surface area contributed by atoms with Crippen molar-refractivity contribution in [3.8, 4) is 0 Å². The van der Waals surface area contributed by atoms with E-state index in [9.17, 15) is 9.59 Å². The molecule has 21 heavy (non-hydrogen) atoms. The summed E-state index contributed by atoms with van der Waals surface area (Å²) >= 11 is 0. The maximum Gasteiger partial charge on any atom is 0.358 e. The van der Waals surface area contributed by atoms with E-state index < -0.39 is 5.97 Å². The van der Waals surface area contributed by atoms with Gasteiger partial charge in [0.15, 0.2) is 5.69 Å². The quantitative estimate of drug-likeness (QED) is 0.813. The van der Waals surface area contributed by atoms with Gasteiger partial charge in [0, 0.05) is 26.2 Å². The molecule has 1 aliphatic rings. The van der Waals surface area contributed by atoms with Crippen LogP contribution in [0.25, 0.3) is 0 Å². The van der Waals surface area contributed by atoms with Crippen LogP contribution in [0, 0.1) is 0 Å². The topological polar surface area (TPSA) is 91.6 Å². The normalized spacial score (nSPS) is 14.7. The zero-order chi connectivity index (χ0) is 15.6. The highest BCUT2D eigenvalue weighted by Crippen LogP contribution is 2.22. The minimum atomic E-state index is -1.10. The minimum absolute atomic E-state index is 0.0157. The molecule has 8 heteroatoms. The highest BCUT2D eigenvalue weighted by atomic mass is 16.4. The maximum absolute atomic E-state index is 12.3. The Morgan fingerprint density at radius 2 is 2.19 bits per heavy atom. The zero-order valence-corrected chi connectivity index (χ0v) is 12.2. The number of rotatable bonds is 5. The van der Waals surface area contributed by atoms with Crippen LogP contribution in [0.3, 0.4) is 0 Å². The number of hydrogen-bond acceptors (Lipinski definition) is 4. The first-order chi connectivity index (χ1) is 9.92. The lowest BCUT2D eigenvalue weighted by Crippen LogP contribution is -2.55. The predicted molar refractivity (Wildman–Crippen MR) is 75.0 cm³/mol. The molecule has 1 N–H and O–H groups in total. The standard InChI is InChI=1S/C13H19N5O3/c1-4-16(5-9(2)3)13(21)17-6-10(7-17)18-8-11(12(19)20)14-15-18/h8,10H,2,4-7H2,1,3H3,(H,19,20). The summed E-state index contributed by atoms with van der Waals surface area (Å²) < 4.78 is 1.50. The fourth-order valence-electron chi connectivity index (χ4n) is 2.17. The van der Waals surface area contributed by atoms with Gasteiger partial charge in [-0.1, -0.05) is 17.4 Å². The van der Waals surface area contributed by atoms with Gasteiger partial charge in [-0.3, -0.25) is 0 Å². The maximum atomic E-state index is 12.3. The Balaban J connectivity index is 1.91. The van der Waals surface area contributed by atoms with E-state index in [1.54, 1.807) is 9.80 Å². The molecule has 114 valence electrons. The summed E-state index contributed by atoms with van der Waals surface area (Å²) in [5.41, 5.74) is 0.849. The molecular formula is C13H19N5O3. The first-order valence-electron chi connectivity index (χ1n) is 6.75. The number of urea groups is 1. The molecule has 1 aliphatic heterocycles. The summed E-state index contributed by atoms with van der Waals surface area (Å²) in [6.45, 7) is 9.82. The number of carboxylic acids is 1. The van der Waals surface area contributed by atoms with Crippen LogP contribution in [0.1, 0.15) is 30.4 Å². The lowest BCUT2D eigenvalue weighted by Gasteiger charge is -2.41. The largest absolute Gasteiger partial charge is 0.476 e. The molecule has 1 fully saturated rings. The molecule has 2 amide bonds. The lowest BCUT2D eigenvalue weighted by molar-refractivity contribution is 0.0689. The number of likely N-dealkylation sites (tertiary alicyclic amines) is 1. The monoisotopic (exact) mass is 293 g/mol. The summed E-state index contributed by atoms with van der Waals surface area (Å²) in [4.78, 5) is 26.4. The van der Waals surface area contributed by atoms with Crippen molar-refractivity contribution in [1.29, 1.82) is 0 Å². The molecule has 0 spiro atoms. The Labute approximate surface area is 122 Å². The van der Waals surface area contributed by atoms with E-state index >= 15 is 0 Å². The highest BCUT2D eigenvalue weighted by molar-refractivity contribution is 5.84. The molecule has 1 aromatic rings. The first kappa shape index (κ1) is 15.0. The number of aromatic carboxylic acids is 1. The second-order valence-corrected chi connectivity index (χ2v) is 5.20. The fourth-order valence-corrected chi connectivity index (χ4v) is 2.17. The van der Waals surface area contributed by atoms with Gasteiger partial charge in [-0.15, -0.1) is 5.10 Å². The molecular weight excluding hydrogens is 274 g/mol. The number of nitrogens with zero attached hydrogens (tertiary/aromatic N) is 5. The van der Waals surface area contributed by atoms with Gasteiger partial charge >= 0.3 is 12.0 Å². The van der Waals surface area contributed by atoms with E-state index in [2.05, 4.69) is 16.9 Å². The molecule has 0 saturated carbocycles. The van der Waals surface area contributed by atoms with Crippen molar-refractivity contribution >= 4 is 12.0 Å². The third kappa shape index (κ3) is 3.21. The summed E-state index contributed by atoms with van der Waals surface area (Å²) in [5, 5.41) is 16.2. The van der Waals surface area contributed by atoms with Crippen LogP contribution >= 0.6 is 0 Å². The van der Waals surface area contributed by atoms with Crippen LogP contribution in [0.4, 0.5) is 4.79 Å². The Bertz CT molecular complexity index is 562. The number of amides is 2. The molecule has 0 radical (unpaired) electrons. The molecule has 0 atom stereocenters. The van der Waals surface area contributed by atoms with Crippen molar-refractivity contribution in [2.24, 2.45) is 0 Å². The Hall–Kier alpha value is -2.38. The van der Waals surface area contributed by atoms with E-state index in [-0.39, 0.29) is 17.8 Å². The minimum Gasteiger partial charge on any atom is -0.476 e. The van der Waals surface area contributed by atoms with Crippen LogP contribution in [-0.4, -0.2) is 68.1 Å². The number of hydrogen-bond donors (Lipinski definition) is 1. The summed E-state index contributed by atoms with van der Waals surface area (Å²) in [5.74, 6) is -1.10. The third-order valence-corrected chi connectivity index (χ3v) is 3.35. The number of aromatic nitrogens is 3. The Kier molecular flexibility index (Phi) is 4.25. The molecule has 1 saturated heterocycles. The molecule has 0 bridgehead atoms. The summed E-state index contributed by atoms with van der Waals surface area (Å²) in [6.07, 6.45) is 1.39. The van der Waals surface area contributed by atoms with Gasteiger partial charge in [0.2, 0.25) is 0 Å². The van der Waals surface area contributed by atoms with Crippen LogP contribution in [-0.2, 0) is 0 Å². The Morgan fingerprint density at radius 3 is 2.67 bits per heavy atom. The van der Waals surface area contributed by atoms with E-state index in [0.717, 1.165) is 5.57 Å². The molecule has 2 heterocycles. The van der Waals surface area contributed by atoms with Gasteiger partial charge in [0.05, 0.1) is 12.2 Å². The molecule has 2 rings (SSSR count). The van der Waals surface area contributed by atoms with Crippen LogP contribution < -0.4 is 0 Å². The lowest BCUT2D eigenvalue weighted by atomic mass is 10.1. The highest BCUT2D eigenvalue weighted by Gasteiger charge is 2.35. The van der Waals surface area contributed by atoms with E-state index in [0.29, 0.717) is 26.2 Å². The zero-order valence-electron chi connectivity index (χ0n) is 12.2. The summed E-state index contributed by atoms with van der Waals surface area (Å²) in [6, 6.07) is -0.0478. The molecule has 0 aliphatic carbocycles. The first-order valence-corrected chi connectivity index (χ1v) is 6.75.